The zero-order valence-corrected chi connectivity index (χ0v) is 15.6. The van der Waals surface area contributed by atoms with Gasteiger partial charge in [0, 0.05) is 24.5 Å². The Hall–Kier alpha value is -2.41. The quantitative estimate of drug-likeness (QED) is 0.625. The first-order chi connectivity index (χ1) is 12.7. The molecule has 0 radical (unpaired) electrons. The first-order valence-electron chi connectivity index (χ1n) is 8.75. The molecule has 1 aliphatic heterocycles. The van der Waals surface area contributed by atoms with Gasteiger partial charge in [-0.15, -0.1) is 11.3 Å². The van der Waals surface area contributed by atoms with Crippen LogP contribution in [0.4, 0.5) is 4.39 Å². The van der Waals surface area contributed by atoms with Gasteiger partial charge >= 0.3 is 0 Å². The molecule has 0 aliphatic carbocycles. The third-order valence-electron chi connectivity index (χ3n) is 4.22. The number of amides is 1. The Morgan fingerprint density at radius 3 is 3.04 bits per heavy atom. The second-order valence-electron chi connectivity index (χ2n) is 6.11. The third-order valence-corrected chi connectivity index (χ3v) is 5.24. The van der Waals surface area contributed by atoms with Gasteiger partial charge in [0.2, 0.25) is 5.91 Å². The maximum Gasteiger partial charge on any atom is 0.242 e. The number of thiophene rings is 1. The van der Waals surface area contributed by atoms with Gasteiger partial charge < -0.3 is 15.5 Å². The minimum Gasteiger partial charge on any atom is -0.357 e. The van der Waals surface area contributed by atoms with Gasteiger partial charge in [0.25, 0.3) is 0 Å². The number of carbonyl (C=O) groups excluding carboxylic acids is 1. The molecule has 2 aromatic rings. The van der Waals surface area contributed by atoms with E-state index >= 15 is 0 Å². The average molecular weight is 374 g/mol. The topological polar surface area (TPSA) is 56.7 Å². The van der Waals surface area contributed by atoms with E-state index in [1.807, 2.05) is 17.9 Å². The van der Waals surface area contributed by atoms with E-state index < -0.39 is 0 Å². The maximum atomic E-state index is 13.3. The lowest BCUT2D eigenvalue weighted by atomic mass is 10.1. The highest BCUT2D eigenvalue weighted by atomic mass is 32.1. The number of fused-ring (bicyclic) bond motifs is 1. The van der Waals surface area contributed by atoms with Crippen LogP contribution in [-0.4, -0.2) is 36.4 Å². The Balaban J connectivity index is 1.54. The third kappa shape index (κ3) is 4.82. The van der Waals surface area contributed by atoms with E-state index in [9.17, 15) is 9.18 Å². The van der Waals surface area contributed by atoms with Crippen molar-refractivity contribution in [2.45, 2.75) is 26.4 Å². The second kappa shape index (κ2) is 8.80. The van der Waals surface area contributed by atoms with Gasteiger partial charge in [-0.25, -0.2) is 9.38 Å². The molecule has 1 aromatic carbocycles. The highest BCUT2D eigenvalue weighted by Gasteiger charge is 2.21. The van der Waals surface area contributed by atoms with Crippen molar-refractivity contribution in [1.29, 1.82) is 0 Å². The monoisotopic (exact) mass is 374 g/mol. The molecule has 26 heavy (non-hydrogen) atoms. The van der Waals surface area contributed by atoms with E-state index in [0.29, 0.717) is 25.6 Å². The fourth-order valence-corrected chi connectivity index (χ4v) is 3.77. The minimum absolute atomic E-state index is 0.0539. The molecule has 0 spiro atoms. The number of nitrogens with zero attached hydrogens (tertiary/aromatic N) is 2. The van der Waals surface area contributed by atoms with Crippen molar-refractivity contribution in [1.82, 2.24) is 15.5 Å². The number of halogens is 1. The molecule has 0 saturated heterocycles. The van der Waals surface area contributed by atoms with Gasteiger partial charge in [-0.1, -0.05) is 12.1 Å². The van der Waals surface area contributed by atoms with Crippen molar-refractivity contribution < 1.29 is 9.18 Å². The van der Waals surface area contributed by atoms with Crippen LogP contribution < -0.4 is 10.6 Å². The summed E-state index contributed by atoms with van der Waals surface area (Å²) in [6.45, 7) is 4.62. The van der Waals surface area contributed by atoms with Crippen molar-refractivity contribution in [3.8, 4) is 0 Å². The van der Waals surface area contributed by atoms with E-state index in [2.05, 4.69) is 27.1 Å². The second-order valence-corrected chi connectivity index (χ2v) is 7.11. The molecule has 1 aromatic heterocycles. The molecule has 2 N–H and O–H groups in total. The minimum atomic E-state index is -0.274. The zero-order chi connectivity index (χ0) is 18.4. The predicted octanol–water partition coefficient (Wildman–Crippen LogP) is 2.53. The first-order valence-corrected chi connectivity index (χ1v) is 9.63. The summed E-state index contributed by atoms with van der Waals surface area (Å²) in [5.41, 5.74) is 2.04. The van der Waals surface area contributed by atoms with E-state index in [1.54, 1.807) is 17.4 Å². The molecule has 0 saturated carbocycles. The Morgan fingerprint density at radius 1 is 1.35 bits per heavy atom. The number of aliphatic imine (C=N–C) groups is 1. The summed E-state index contributed by atoms with van der Waals surface area (Å²) in [6, 6.07) is 8.46. The van der Waals surface area contributed by atoms with Crippen LogP contribution in [0.3, 0.4) is 0 Å². The highest BCUT2D eigenvalue weighted by Crippen LogP contribution is 2.23. The SMILES string of the molecule is CCNC(=NCc1cccc(F)c1)NCC(=O)N1CCc2sccc2C1. The van der Waals surface area contributed by atoms with Crippen LogP contribution in [0.1, 0.15) is 22.9 Å². The lowest BCUT2D eigenvalue weighted by Crippen LogP contribution is -2.45. The highest BCUT2D eigenvalue weighted by molar-refractivity contribution is 7.10. The smallest absolute Gasteiger partial charge is 0.242 e. The Labute approximate surface area is 156 Å². The number of hydrogen-bond donors (Lipinski definition) is 2. The van der Waals surface area contributed by atoms with Crippen molar-refractivity contribution >= 4 is 23.2 Å². The summed E-state index contributed by atoms with van der Waals surface area (Å²) in [5.74, 6) is 0.334. The summed E-state index contributed by atoms with van der Waals surface area (Å²) >= 11 is 1.76. The number of hydrogen-bond acceptors (Lipinski definition) is 3. The van der Waals surface area contributed by atoms with Gasteiger partial charge in [-0.2, -0.15) is 0 Å². The van der Waals surface area contributed by atoms with Crippen LogP contribution in [-0.2, 0) is 24.3 Å². The molecule has 5 nitrogen and oxygen atoms in total. The Bertz CT molecular complexity index is 789. The van der Waals surface area contributed by atoms with Crippen LogP contribution in [0.2, 0.25) is 0 Å². The normalized spacial score (nSPS) is 14.1. The molecular weight excluding hydrogens is 351 g/mol. The summed E-state index contributed by atoms with van der Waals surface area (Å²) in [4.78, 5) is 20.2. The number of carbonyl (C=O) groups is 1. The van der Waals surface area contributed by atoms with Gasteiger partial charge in [0.1, 0.15) is 5.82 Å². The van der Waals surface area contributed by atoms with Gasteiger partial charge in [0.15, 0.2) is 5.96 Å². The van der Waals surface area contributed by atoms with Crippen LogP contribution in [0.25, 0.3) is 0 Å². The van der Waals surface area contributed by atoms with Crippen molar-refractivity contribution in [3.63, 3.8) is 0 Å². The lowest BCUT2D eigenvalue weighted by molar-refractivity contribution is -0.130. The number of rotatable bonds is 5. The Kier molecular flexibility index (Phi) is 6.22. The van der Waals surface area contributed by atoms with Crippen LogP contribution in [0.15, 0.2) is 40.7 Å². The molecule has 0 unspecified atom stereocenters. The van der Waals surface area contributed by atoms with Crippen molar-refractivity contribution in [2.24, 2.45) is 4.99 Å². The molecule has 1 amide bonds. The standard InChI is InChI=1S/C19H23FN4OS/c1-2-21-19(22-11-14-4-3-5-16(20)10-14)23-12-18(25)24-8-6-17-15(13-24)7-9-26-17/h3-5,7,9-10H,2,6,8,11-13H2,1H3,(H2,21,22,23). The number of benzene rings is 1. The predicted molar refractivity (Wildman–Crippen MR) is 103 cm³/mol. The average Bonchev–Trinajstić information content (AvgIpc) is 3.11. The summed E-state index contributed by atoms with van der Waals surface area (Å²) < 4.78 is 13.3. The van der Waals surface area contributed by atoms with Crippen LogP contribution in [0, 0.1) is 5.82 Å². The van der Waals surface area contributed by atoms with E-state index in [-0.39, 0.29) is 18.3 Å². The molecule has 0 fully saturated rings. The van der Waals surface area contributed by atoms with Gasteiger partial charge in [-0.05, 0) is 48.1 Å². The molecule has 3 rings (SSSR count). The summed E-state index contributed by atoms with van der Waals surface area (Å²) in [5, 5.41) is 8.27. The number of nitrogens with one attached hydrogen (secondary N) is 2. The molecule has 0 atom stereocenters. The largest absolute Gasteiger partial charge is 0.357 e. The zero-order valence-electron chi connectivity index (χ0n) is 14.8. The fraction of sp³-hybridized carbons (Fsp3) is 0.368. The number of guanidine groups is 1. The molecule has 0 bridgehead atoms. The summed E-state index contributed by atoms with van der Waals surface area (Å²) in [7, 11) is 0. The van der Waals surface area contributed by atoms with E-state index in [1.165, 1.54) is 22.6 Å². The van der Waals surface area contributed by atoms with Gasteiger partial charge in [0.05, 0.1) is 13.1 Å². The van der Waals surface area contributed by atoms with E-state index in [4.69, 9.17) is 0 Å². The molecule has 1 aliphatic rings. The molecule has 7 heteroatoms. The Morgan fingerprint density at radius 2 is 2.23 bits per heavy atom. The maximum absolute atomic E-state index is 13.3. The van der Waals surface area contributed by atoms with Crippen molar-refractivity contribution in [3.05, 3.63) is 57.5 Å². The molecular formula is C19H23FN4OS. The first kappa shape index (κ1) is 18.4. The van der Waals surface area contributed by atoms with E-state index in [0.717, 1.165) is 18.5 Å². The van der Waals surface area contributed by atoms with Crippen LogP contribution >= 0.6 is 11.3 Å². The lowest BCUT2D eigenvalue weighted by Gasteiger charge is -2.27. The van der Waals surface area contributed by atoms with Crippen LogP contribution in [0.5, 0.6) is 0 Å². The molecule has 2 heterocycles. The molecule has 138 valence electrons. The summed E-state index contributed by atoms with van der Waals surface area (Å²) in [6.07, 6.45) is 0.923. The van der Waals surface area contributed by atoms with Crippen molar-refractivity contribution in [2.75, 3.05) is 19.6 Å². The fourth-order valence-electron chi connectivity index (χ4n) is 2.88. The van der Waals surface area contributed by atoms with Gasteiger partial charge in [-0.3, -0.25) is 4.79 Å².